The SMILES string of the molecule is CCN1CCN(C2=C(c3ccc(C)cc3)C(=O)N(c3ccccc3OC(C)C)C2=O)CC1. The number of ether oxygens (including phenoxy) is 1. The lowest BCUT2D eigenvalue weighted by molar-refractivity contribution is -0.120. The lowest BCUT2D eigenvalue weighted by Gasteiger charge is -2.36. The quantitative estimate of drug-likeness (QED) is 0.650. The first kappa shape index (κ1) is 22.1. The molecule has 0 radical (unpaired) electrons. The maximum atomic E-state index is 13.8. The van der Waals surface area contributed by atoms with E-state index in [1.807, 2.05) is 57.2 Å². The van der Waals surface area contributed by atoms with Gasteiger partial charge in [0.2, 0.25) is 0 Å². The van der Waals surface area contributed by atoms with Crippen LogP contribution in [0, 0.1) is 6.92 Å². The Morgan fingerprint density at radius 2 is 1.56 bits per heavy atom. The second kappa shape index (κ2) is 9.17. The van der Waals surface area contributed by atoms with Crippen molar-refractivity contribution in [1.82, 2.24) is 9.80 Å². The highest BCUT2D eigenvalue weighted by molar-refractivity contribution is 6.45. The van der Waals surface area contributed by atoms with Gasteiger partial charge >= 0.3 is 0 Å². The van der Waals surface area contributed by atoms with E-state index in [-0.39, 0.29) is 17.9 Å². The zero-order chi connectivity index (χ0) is 22.8. The lowest BCUT2D eigenvalue weighted by Crippen LogP contribution is -2.47. The van der Waals surface area contributed by atoms with E-state index in [0.717, 1.165) is 43.9 Å². The molecule has 2 aliphatic rings. The third-order valence-electron chi connectivity index (χ3n) is 6.00. The first-order valence-electron chi connectivity index (χ1n) is 11.3. The number of rotatable bonds is 6. The smallest absolute Gasteiger partial charge is 0.282 e. The summed E-state index contributed by atoms with van der Waals surface area (Å²) < 4.78 is 5.94. The fraction of sp³-hybridized carbons (Fsp3) is 0.385. The van der Waals surface area contributed by atoms with Crippen LogP contribution in [-0.2, 0) is 9.59 Å². The number of nitrogens with zero attached hydrogens (tertiary/aromatic N) is 3. The van der Waals surface area contributed by atoms with Crippen LogP contribution in [0.25, 0.3) is 5.57 Å². The summed E-state index contributed by atoms with van der Waals surface area (Å²) in [5.41, 5.74) is 3.33. The number of hydrogen-bond donors (Lipinski definition) is 0. The second-order valence-electron chi connectivity index (χ2n) is 8.59. The maximum absolute atomic E-state index is 13.8. The molecule has 4 rings (SSSR count). The number of carbonyl (C=O) groups is 2. The molecule has 2 heterocycles. The number of benzene rings is 2. The van der Waals surface area contributed by atoms with Crippen molar-refractivity contribution in [3.05, 3.63) is 65.4 Å². The fourth-order valence-electron chi connectivity index (χ4n) is 4.29. The Morgan fingerprint density at radius 1 is 0.906 bits per heavy atom. The van der Waals surface area contributed by atoms with Gasteiger partial charge in [0.1, 0.15) is 11.4 Å². The molecule has 2 aromatic carbocycles. The molecule has 1 fully saturated rings. The molecule has 0 N–H and O–H groups in total. The van der Waals surface area contributed by atoms with Gasteiger partial charge in [-0.1, -0.05) is 48.9 Å². The van der Waals surface area contributed by atoms with Crippen LogP contribution in [0.1, 0.15) is 31.9 Å². The molecule has 1 saturated heterocycles. The van der Waals surface area contributed by atoms with Crippen LogP contribution in [0.5, 0.6) is 5.75 Å². The minimum Gasteiger partial charge on any atom is -0.489 e. The maximum Gasteiger partial charge on any atom is 0.282 e. The van der Waals surface area contributed by atoms with E-state index in [1.54, 1.807) is 12.1 Å². The zero-order valence-corrected chi connectivity index (χ0v) is 19.3. The molecule has 168 valence electrons. The van der Waals surface area contributed by atoms with E-state index in [1.165, 1.54) is 4.90 Å². The summed E-state index contributed by atoms with van der Waals surface area (Å²) in [6.45, 7) is 12.2. The summed E-state index contributed by atoms with van der Waals surface area (Å²) in [5.74, 6) is -0.0496. The molecule has 2 aliphatic heterocycles. The number of anilines is 1. The lowest BCUT2D eigenvalue weighted by atomic mass is 10.0. The average Bonchev–Trinajstić information content (AvgIpc) is 3.04. The van der Waals surface area contributed by atoms with Gasteiger partial charge in [0, 0.05) is 26.2 Å². The number of amides is 2. The number of aryl methyl sites for hydroxylation is 1. The molecule has 2 aromatic rings. The zero-order valence-electron chi connectivity index (χ0n) is 19.3. The molecule has 6 heteroatoms. The molecule has 0 saturated carbocycles. The molecular formula is C26H31N3O3. The number of likely N-dealkylation sites (N-methyl/N-ethyl adjacent to an activating group) is 1. The second-order valence-corrected chi connectivity index (χ2v) is 8.59. The number of hydrogen-bond acceptors (Lipinski definition) is 5. The molecule has 0 bridgehead atoms. The van der Waals surface area contributed by atoms with Gasteiger partial charge in [0.25, 0.3) is 11.8 Å². The van der Waals surface area contributed by atoms with Gasteiger partial charge in [0.15, 0.2) is 0 Å². The van der Waals surface area contributed by atoms with Crippen molar-refractivity contribution in [3.8, 4) is 5.75 Å². The van der Waals surface area contributed by atoms with Crippen molar-refractivity contribution >= 4 is 23.1 Å². The molecule has 0 aliphatic carbocycles. The molecule has 0 unspecified atom stereocenters. The summed E-state index contributed by atoms with van der Waals surface area (Å²) in [5, 5.41) is 0. The Morgan fingerprint density at radius 3 is 2.19 bits per heavy atom. The Bertz CT molecular complexity index is 1030. The van der Waals surface area contributed by atoms with E-state index in [9.17, 15) is 9.59 Å². The van der Waals surface area contributed by atoms with Crippen molar-refractivity contribution in [3.63, 3.8) is 0 Å². The Hall–Kier alpha value is -3.12. The molecule has 2 amide bonds. The topological polar surface area (TPSA) is 53.1 Å². The summed E-state index contributed by atoms with van der Waals surface area (Å²) >= 11 is 0. The predicted octanol–water partition coefficient (Wildman–Crippen LogP) is 3.70. The first-order chi connectivity index (χ1) is 15.4. The Balaban J connectivity index is 1.78. The fourth-order valence-corrected chi connectivity index (χ4v) is 4.29. The number of para-hydroxylation sites is 2. The minimum absolute atomic E-state index is 0.0740. The van der Waals surface area contributed by atoms with Gasteiger partial charge in [-0.25, -0.2) is 4.90 Å². The standard InChI is InChI=1S/C26H31N3O3/c1-5-27-14-16-28(17-15-27)24-23(20-12-10-19(4)11-13-20)25(30)29(26(24)31)21-8-6-7-9-22(21)32-18(2)3/h6-13,18H,5,14-17H2,1-4H3. The highest BCUT2D eigenvalue weighted by atomic mass is 16.5. The van der Waals surface area contributed by atoms with Gasteiger partial charge in [-0.15, -0.1) is 0 Å². The number of carbonyl (C=O) groups excluding carboxylic acids is 2. The Kier molecular flexibility index (Phi) is 6.33. The molecular weight excluding hydrogens is 402 g/mol. The Labute approximate surface area is 190 Å². The van der Waals surface area contributed by atoms with E-state index in [2.05, 4.69) is 16.7 Å². The van der Waals surface area contributed by atoms with Crippen LogP contribution in [0.15, 0.2) is 54.2 Å². The van der Waals surface area contributed by atoms with Crippen molar-refractivity contribution in [1.29, 1.82) is 0 Å². The van der Waals surface area contributed by atoms with Crippen LogP contribution in [-0.4, -0.2) is 60.4 Å². The van der Waals surface area contributed by atoms with Crippen LogP contribution < -0.4 is 9.64 Å². The molecule has 6 nitrogen and oxygen atoms in total. The van der Waals surface area contributed by atoms with Crippen molar-refractivity contribution in [2.45, 2.75) is 33.8 Å². The van der Waals surface area contributed by atoms with Gasteiger partial charge in [0.05, 0.1) is 17.4 Å². The van der Waals surface area contributed by atoms with Crippen LogP contribution >= 0.6 is 0 Å². The summed E-state index contributed by atoms with van der Waals surface area (Å²) in [6, 6.07) is 15.1. The molecule has 32 heavy (non-hydrogen) atoms. The molecule has 0 aromatic heterocycles. The van der Waals surface area contributed by atoms with Gasteiger partial charge in [-0.3, -0.25) is 9.59 Å². The van der Waals surface area contributed by atoms with Crippen molar-refractivity contribution in [2.24, 2.45) is 0 Å². The van der Waals surface area contributed by atoms with Crippen molar-refractivity contribution < 1.29 is 14.3 Å². The van der Waals surface area contributed by atoms with E-state index < -0.39 is 0 Å². The summed E-state index contributed by atoms with van der Waals surface area (Å²) in [6.07, 6.45) is -0.0740. The summed E-state index contributed by atoms with van der Waals surface area (Å²) in [4.78, 5) is 33.3. The van der Waals surface area contributed by atoms with Gasteiger partial charge < -0.3 is 14.5 Å². The van der Waals surface area contributed by atoms with Gasteiger partial charge in [-0.2, -0.15) is 0 Å². The summed E-state index contributed by atoms with van der Waals surface area (Å²) in [7, 11) is 0. The van der Waals surface area contributed by atoms with Crippen molar-refractivity contribution in [2.75, 3.05) is 37.6 Å². The van der Waals surface area contributed by atoms with E-state index >= 15 is 0 Å². The van der Waals surface area contributed by atoms with Crippen LogP contribution in [0.4, 0.5) is 5.69 Å². The largest absolute Gasteiger partial charge is 0.489 e. The van der Waals surface area contributed by atoms with E-state index in [4.69, 9.17) is 4.74 Å². The monoisotopic (exact) mass is 433 g/mol. The number of imide groups is 1. The molecule has 0 spiro atoms. The predicted molar refractivity (Wildman–Crippen MR) is 126 cm³/mol. The average molecular weight is 434 g/mol. The van der Waals surface area contributed by atoms with Gasteiger partial charge in [-0.05, 0) is 45.0 Å². The van der Waals surface area contributed by atoms with Crippen LogP contribution in [0.2, 0.25) is 0 Å². The van der Waals surface area contributed by atoms with E-state index in [0.29, 0.717) is 22.7 Å². The van der Waals surface area contributed by atoms with Crippen LogP contribution in [0.3, 0.4) is 0 Å². The normalized spacial score (nSPS) is 17.7. The first-order valence-corrected chi connectivity index (χ1v) is 11.3. The highest BCUT2D eigenvalue weighted by Gasteiger charge is 2.44. The third kappa shape index (κ3) is 4.15. The highest BCUT2D eigenvalue weighted by Crippen LogP contribution is 2.39. The minimum atomic E-state index is -0.299. The third-order valence-corrected chi connectivity index (χ3v) is 6.00. The number of piperazine rings is 1. The molecule has 0 atom stereocenters.